The van der Waals surface area contributed by atoms with E-state index in [0.29, 0.717) is 23.5 Å². The molecule has 0 radical (unpaired) electrons. The van der Waals surface area contributed by atoms with Crippen molar-refractivity contribution in [2.75, 3.05) is 14.2 Å². The molecule has 0 atom stereocenters. The van der Waals surface area contributed by atoms with Crippen LogP contribution in [0.2, 0.25) is 0 Å². The summed E-state index contributed by atoms with van der Waals surface area (Å²) in [6.07, 6.45) is 1.31. The standard InChI is InChI=1S/C25H26N2O3/c1-6-21-17(10-16-9-14(2)7-8-22(16)27-21)11-20-19-13-24(30-5)23(29-4)12-18(19)15(3)26-25(20)28/h7-10,12-13H,6,11H2,1-5H3,(H,26,28). The topological polar surface area (TPSA) is 64.2 Å². The summed E-state index contributed by atoms with van der Waals surface area (Å²) < 4.78 is 11.0. The number of aromatic amines is 1. The predicted molar refractivity (Wildman–Crippen MR) is 121 cm³/mol. The third-order valence-corrected chi connectivity index (χ3v) is 5.67. The van der Waals surface area contributed by atoms with Crippen molar-refractivity contribution in [2.24, 2.45) is 0 Å². The van der Waals surface area contributed by atoms with Crippen LogP contribution in [0.25, 0.3) is 21.7 Å². The van der Waals surface area contributed by atoms with Gasteiger partial charge in [-0.1, -0.05) is 18.6 Å². The van der Waals surface area contributed by atoms with Crippen molar-refractivity contribution in [3.8, 4) is 11.5 Å². The van der Waals surface area contributed by atoms with Crippen molar-refractivity contribution in [1.29, 1.82) is 0 Å². The Bertz CT molecular complexity index is 1320. The molecule has 0 bridgehead atoms. The van der Waals surface area contributed by atoms with E-state index < -0.39 is 0 Å². The Labute approximate surface area is 175 Å². The molecule has 4 rings (SSSR count). The van der Waals surface area contributed by atoms with E-state index in [0.717, 1.165) is 45.0 Å². The van der Waals surface area contributed by atoms with E-state index in [-0.39, 0.29) is 5.56 Å². The molecule has 0 unspecified atom stereocenters. The summed E-state index contributed by atoms with van der Waals surface area (Å²) >= 11 is 0. The fraction of sp³-hybridized carbons (Fsp3) is 0.280. The minimum absolute atomic E-state index is 0.0846. The molecule has 0 aliphatic rings. The zero-order valence-corrected chi connectivity index (χ0v) is 18.1. The Kier molecular flexibility index (Phi) is 5.20. The molecule has 0 aliphatic heterocycles. The lowest BCUT2D eigenvalue weighted by Crippen LogP contribution is -2.16. The summed E-state index contributed by atoms with van der Waals surface area (Å²) in [7, 11) is 3.22. The third kappa shape index (κ3) is 3.41. The molecule has 4 aromatic rings. The second-order valence-corrected chi connectivity index (χ2v) is 7.63. The van der Waals surface area contributed by atoms with Crippen LogP contribution < -0.4 is 15.0 Å². The van der Waals surface area contributed by atoms with E-state index in [1.54, 1.807) is 14.2 Å². The lowest BCUT2D eigenvalue weighted by Gasteiger charge is -2.15. The molecule has 0 aliphatic carbocycles. The van der Waals surface area contributed by atoms with Gasteiger partial charge in [-0.2, -0.15) is 0 Å². The number of nitrogens with zero attached hydrogens (tertiary/aromatic N) is 1. The fourth-order valence-electron chi connectivity index (χ4n) is 4.08. The first kappa shape index (κ1) is 20.0. The van der Waals surface area contributed by atoms with Gasteiger partial charge in [0.1, 0.15) is 0 Å². The van der Waals surface area contributed by atoms with E-state index in [1.807, 2.05) is 19.1 Å². The molecule has 5 heteroatoms. The van der Waals surface area contributed by atoms with Crippen LogP contribution in [-0.4, -0.2) is 24.2 Å². The number of benzene rings is 2. The normalized spacial score (nSPS) is 11.2. The highest BCUT2D eigenvalue weighted by Crippen LogP contribution is 2.34. The number of fused-ring (bicyclic) bond motifs is 2. The Morgan fingerprint density at radius 2 is 1.67 bits per heavy atom. The smallest absolute Gasteiger partial charge is 0.252 e. The van der Waals surface area contributed by atoms with Gasteiger partial charge in [-0.3, -0.25) is 9.78 Å². The van der Waals surface area contributed by atoms with Gasteiger partial charge in [0.2, 0.25) is 0 Å². The summed E-state index contributed by atoms with van der Waals surface area (Å²) in [6, 6.07) is 12.3. The summed E-state index contributed by atoms with van der Waals surface area (Å²) in [4.78, 5) is 20.8. The SMILES string of the molecule is CCc1nc2ccc(C)cc2cc1Cc1c(=O)[nH]c(C)c2cc(OC)c(OC)cc12. The van der Waals surface area contributed by atoms with Gasteiger partial charge in [0.15, 0.2) is 11.5 Å². The maximum absolute atomic E-state index is 13.0. The minimum Gasteiger partial charge on any atom is -0.493 e. The molecule has 154 valence electrons. The first-order valence-electron chi connectivity index (χ1n) is 10.1. The Morgan fingerprint density at radius 1 is 0.967 bits per heavy atom. The molecule has 1 N–H and O–H groups in total. The molecule has 2 aromatic heterocycles. The van der Waals surface area contributed by atoms with Crippen LogP contribution in [0.3, 0.4) is 0 Å². The number of nitrogens with one attached hydrogen (secondary N) is 1. The number of ether oxygens (including phenoxy) is 2. The number of aryl methyl sites for hydroxylation is 3. The van der Waals surface area contributed by atoms with Gasteiger partial charge in [-0.25, -0.2) is 0 Å². The molecule has 0 spiro atoms. The van der Waals surface area contributed by atoms with Crippen molar-refractivity contribution in [1.82, 2.24) is 9.97 Å². The lowest BCUT2D eigenvalue weighted by atomic mass is 9.96. The van der Waals surface area contributed by atoms with Gasteiger partial charge < -0.3 is 14.5 Å². The van der Waals surface area contributed by atoms with Gasteiger partial charge in [-0.15, -0.1) is 0 Å². The molecule has 5 nitrogen and oxygen atoms in total. The van der Waals surface area contributed by atoms with Crippen LogP contribution in [-0.2, 0) is 12.8 Å². The van der Waals surface area contributed by atoms with Gasteiger partial charge in [0.05, 0.1) is 19.7 Å². The molecule has 0 saturated heterocycles. The van der Waals surface area contributed by atoms with E-state index >= 15 is 0 Å². The zero-order valence-electron chi connectivity index (χ0n) is 18.1. The Hall–Kier alpha value is -3.34. The largest absolute Gasteiger partial charge is 0.493 e. The monoisotopic (exact) mass is 402 g/mol. The van der Waals surface area contributed by atoms with Crippen LogP contribution in [0, 0.1) is 13.8 Å². The number of pyridine rings is 2. The number of H-pyrrole nitrogens is 1. The van der Waals surface area contributed by atoms with Gasteiger partial charge in [0.25, 0.3) is 5.56 Å². The molecule has 2 aromatic carbocycles. The van der Waals surface area contributed by atoms with E-state index in [9.17, 15) is 4.79 Å². The van der Waals surface area contributed by atoms with Crippen LogP contribution in [0.1, 0.15) is 35.0 Å². The molecule has 2 heterocycles. The van der Waals surface area contributed by atoms with Crippen molar-refractivity contribution < 1.29 is 9.47 Å². The van der Waals surface area contributed by atoms with Crippen molar-refractivity contribution in [3.05, 3.63) is 74.8 Å². The first-order chi connectivity index (χ1) is 14.4. The number of hydrogen-bond acceptors (Lipinski definition) is 4. The number of hydrogen-bond donors (Lipinski definition) is 1. The summed E-state index contributed by atoms with van der Waals surface area (Å²) in [5.74, 6) is 1.25. The van der Waals surface area contributed by atoms with Crippen molar-refractivity contribution in [3.63, 3.8) is 0 Å². The predicted octanol–water partition coefficient (Wildman–Crippen LogP) is 4.86. The zero-order chi connectivity index (χ0) is 21.4. The highest BCUT2D eigenvalue weighted by atomic mass is 16.5. The van der Waals surface area contributed by atoms with Crippen LogP contribution in [0.15, 0.2) is 41.2 Å². The average Bonchev–Trinajstić information content (AvgIpc) is 2.74. The van der Waals surface area contributed by atoms with E-state index in [2.05, 4.69) is 43.1 Å². The lowest BCUT2D eigenvalue weighted by molar-refractivity contribution is 0.356. The maximum Gasteiger partial charge on any atom is 0.252 e. The van der Waals surface area contributed by atoms with Crippen LogP contribution in [0.5, 0.6) is 11.5 Å². The number of rotatable bonds is 5. The third-order valence-electron chi connectivity index (χ3n) is 5.67. The second kappa shape index (κ2) is 7.82. The van der Waals surface area contributed by atoms with Gasteiger partial charge in [0, 0.05) is 34.1 Å². The summed E-state index contributed by atoms with van der Waals surface area (Å²) in [5.41, 5.74) is 5.69. The van der Waals surface area contributed by atoms with Crippen LogP contribution >= 0.6 is 0 Å². The molecular weight excluding hydrogens is 376 g/mol. The molecule has 0 fully saturated rings. The molecular formula is C25H26N2O3. The highest BCUT2D eigenvalue weighted by Gasteiger charge is 2.16. The highest BCUT2D eigenvalue weighted by molar-refractivity contribution is 5.91. The molecule has 0 amide bonds. The maximum atomic E-state index is 13.0. The average molecular weight is 402 g/mol. The van der Waals surface area contributed by atoms with Gasteiger partial charge in [-0.05, 0) is 61.5 Å². The van der Waals surface area contributed by atoms with E-state index in [1.165, 1.54) is 5.56 Å². The second-order valence-electron chi connectivity index (χ2n) is 7.63. The first-order valence-corrected chi connectivity index (χ1v) is 10.1. The minimum atomic E-state index is -0.0846. The van der Waals surface area contributed by atoms with Crippen molar-refractivity contribution in [2.45, 2.75) is 33.6 Å². The molecule has 0 saturated carbocycles. The number of aromatic nitrogens is 2. The van der Waals surface area contributed by atoms with E-state index in [4.69, 9.17) is 14.5 Å². The summed E-state index contributed by atoms with van der Waals surface area (Å²) in [6.45, 7) is 6.07. The summed E-state index contributed by atoms with van der Waals surface area (Å²) in [5, 5.41) is 2.92. The Balaban J connectivity index is 1.95. The van der Waals surface area contributed by atoms with Crippen LogP contribution in [0.4, 0.5) is 0 Å². The Morgan fingerprint density at radius 3 is 2.33 bits per heavy atom. The quantitative estimate of drug-likeness (QED) is 0.518. The number of methoxy groups -OCH3 is 2. The van der Waals surface area contributed by atoms with Crippen molar-refractivity contribution >= 4 is 21.7 Å². The fourth-order valence-corrected chi connectivity index (χ4v) is 4.08. The van der Waals surface area contributed by atoms with Gasteiger partial charge >= 0.3 is 0 Å². The molecule has 30 heavy (non-hydrogen) atoms.